The average molecular weight is 414 g/mol. The van der Waals surface area contributed by atoms with Crippen molar-refractivity contribution in [3.63, 3.8) is 0 Å². The van der Waals surface area contributed by atoms with Crippen LogP contribution < -0.4 is 5.32 Å². The van der Waals surface area contributed by atoms with Crippen LogP contribution in [0.4, 0.5) is 0 Å². The Balaban J connectivity index is 0.00000131. The van der Waals surface area contributed by atoms with Gasteiger partial charge in [0.2, 0.25) is 17.6 Å². The van der Waals surface area contributed by atoms with E-state index in [0.717, 1.165) is 50.9 Å². The minimum atomic E-state index is 0. The van der Waals surface area contributed by atoms with Crippen LogP contribution in [-0.2, 0) is 11.2 Å². The molecule has 148 valence electrons. The van der Waals surface area contributed by atoms with Crippen LogP contribution in [0.5, 0.6) is 0 Å². The van der Waals surface area contributed by atoms with E-state index in [1.807, 2.05) is 23.1 Å². The number of pyridine rings is 1. The van der Waals surface area contributed by atoms with Gasteiger partial charge in [-0.05, 0) is 49.9 Å². The molecule has 1 amide bonds. The van der Waals surface area contributed by atoms with Crippen molar-refractivity contribution in [2.75, 3.05) is 26.2 Å². The summed E-state index contributed by atoms with van der Waals surface area (Å²) < 4.78 is 5.26. The van der Waals surface area contributed by atoms with Gasteiger partial charge in [0.15, 0.2) is 0 Å². The van der Waals surface area contributed by atoms with Crippen molar-refractivity contribution < 1.29 is 9.32 Å². The Morgan fingerprint density at radius 3 is 2.59 bits per heavy atom. The summed E-state index contributed by atoms with van der Waals surface area (Å²) in [4.78, 5) is 23.1. The maximum Gasteiger partial charge on any atom is 0.227 e. The molecule has 2 aromatic rings. The fourth-order valence-corrected chi connectivity index (χ4v) is 3.79. The van der Waals surface area contributed by atoms with Crippen molar-refractivity contribution in [1.82, 2.24) is 25.3 Å². The van der Waals surface area contributed by atoms with Gasteiger partial charge in [0, 0.05) is 32.1 Å². The summed E-state index contributed by atoms with van der Waals surface area (Å²) in [7, 11) is 0. The van der Waals surface area contributed by atoms with E-state index in [4.69, 9.17) is 4.52 Å². The SMILES string of the molecule is Cl.Cl.O=C(CCc1nc(-c2ccccn2)no1)N1CC[C@@H]2CNC[C@@H]2CC1. The van der Waals surface area contributed by atoms with Gasteiger partial charge in [0.25, 0.3) is 0 Å². The quantitative estimate of drug-likeness (QED) is 0.827. The molecule has 9 heteroatoms. The number of amides is 1. The zero-order chi connectivity index (χ0) is 17.1. The molecule has 1 N–H and O–H groups in total. The Labute approximate surface area is 171 Å². The first-order valence-electron chi connectivity index (χ1n) is 9.02. The summed E-state index contributed by atoms with van der Waals surface area (Å²) in [5.74, 6) is 2.61. The van der Waals surface area contributed by atoms with E-state index in [9.17, 15) is 4.79 Å². The van der Waals surface area contributed by atoms with Gasteiger partial charge < -0.3 is 14.7 Å². The molecule has 0 bridgehead atoms. The van der Waals surface area contributed by atoms with E-state index in [1.54, 1.807) is 6.20 Å². The van der Waals surface area contributed by atoms with E-state index in [1.165, 1.54) is 0 Å². The lowest BCUT2D eigenvalue weighted by atomic mass is 9.92. The number of hydrogen-bond acceptors (Lipinski definition) is 6. The van der Waals surface area contributed by atoms with Crippen LogP contribution in [0.3, 0.4) is 0 Å². The van der Waals surface area contributed by atoms with Crippen molar-refractivity contribution in [3.05, 3.63) is 30.3 Å². The predicted molar refractivity (Wildman–Crippen MR) is 106 cm³/mol. The van der Waals surface area contributed by atoms with Crippen LogP contribution in [0.15, 0.2) is 28.9 Å². The molecule has 7 nitrogen and oxygen atoms in total. The number of aromatic nitrogens is 3. The summed E-state index contributed by atoms with van der Waals surface area (Å²) in [5.41, 5.74) is 0.677. The molecule has 27 heavy (non-hydrogen) atoms. The van der Waals surface area contributed by atoms with Gasteiger partial charge in [-0.25, -0.2) is 0 Å². The first kappa shape index (κ1) is 21.6. The molecule has 2 aliphatic rings. The Morgan fingerprint density at radius 1 is 1.19 bits per heavy atom. The summed E-state index contributed by atoms with van der Waals surface area (Å²) >= 11 is 0. The number of carbonyl (C=O) groups is 1. The molecular formula is C18H25Cl2N5O2. The van der Waals surface area contributed by atoms with Gasteiger partial charge in [-0.3, -0.25) is 9.78 Å². The second-order valence-corrected chi connectivity index (χ2v) is 6.86. The number of aryl methyl sites for hydroxylation is 1. The van der Waals surface area contributed by atoms with E-state index < -0.39 is 0 Å². The lowest BCUT2D eigenvalue weighted by molar-refractivity contribution is -0.131. The molecule has 2 aromatic heterocycles. The van der Waals surface area contributed by atoms with Crippen molar-refractivity contribution in [3.8, 4) is 11.5 Å². The minimum Gasteiger partial charge on any atom is -0.343 e. The highest BCUT2D eigenvalue weighted by atomic mass is 35.5. The van der Waals surface area contributed by atoms with E-state index >= 15 is 0 Å². The zero-order valence-electron chi connectivity index (χ0n) is 15.0. The van der Waals surface area contributed by atoms with Gasteiger partial charge in [0.1, 0.15) is 5.69 Å². The highest BCUT2D eigenvalue weighted by molar-refractivity contribution is 5.85. The number of carbonyl (C=O) groups excluding carboxylic acids is 1. The van der Waals surface area contributed by atoms with Crippen LogP contribution in [0.2, 0.25) is 0 Å². The Hall–Kier alpha value is -1.70. The average Bonchev–Trinajstić information content (AvgIpc) is 3.26. The third kappa shape index (κ3) is 5.18. The molecule has 0 aliphatic carbocycles. The maximum atomic E-state index is 12.5. The minimum absolute atomic E-state index is 0. The number of rotatable bonds is 4. The first-order valence-corrected chi connectivity index (χ1v) is 9.02. The number of fused-ring (bicyclic) bond motifs is 1. The zero-order valence-corrected chi connectivity index (χ0v) is 16.7. The molecule has 0 radical (unpaired) electrons. The molecule has 0 aromatic carbocycles. The molecule has 4 rings (SSSR count). The number of nitrogens with zero attached hydrogens (tertiary/aromatic N) is 4. The molecule has 0 saturated carbocycles. The summed E-state index contributed by atoms with van der Waals surface area (Å²) in [6.07, 6.45) is 4.79. The van der Waals surface area contributed by atoms with E-state index in [2.05, 4.69) is 20.4 Å². The third-order valence-electron chi connectivity index (χ3n) is 5.29. The van der Waals surface area contributed by atoms with Gasteiger partial charge in [0.05, 0.1) is 0 Å². The summed E-state index contributed by atoms with van der Waals surface area (Å²) in [5, 5.41) is 7.41. The maximum absolute atomic E-state index is 12.5. The molecule has 0 unspecified atom stereocenters. The normalized spacial score (nSPS) is 21.6. The predicted octanol–water partition coefficient (Wildman–Crippen LogP) is 2.37. The number of hydrogen-bond donors (Lipinski definition) is 1. The highest BCUT2D eigenvalue weighted by Gasteiger charge is 2.31. The topological polar surface area (TPSA) is 84.1 Å². The largest absolute Gasteiger partial charge is 0.343 e. The second kappa shape index (κ2) is 10.0. The Morgan fingerprint density at radius 2 is 1.93 bits per heavy atom. The summed E-state index contributed by atoms with van der Waals surface area (Å²) in [6, 6.07) is 5.56. The standard InChI is InChI=1S/C18H23N5O2.2ClH/c24-17(23-9-6-13-11-19-12-14(13)7-10-23)5-4-16-21-18(22-25-16)15-3-1-2-8-20-15;;/h1-3,8,13-14,19H,4-7,9-12H2;2*1H/t13-,14+;;. The van der Waals surface area contributed by atoms with Crippen LogP contribution in [-0.4, -0.2) is 52.1 Å². The number of halogens is 2. The van der Waals surface area contributed by atoms with Crippen LogP contribution in [0, 0.1) is 11.8 Å². The number of nitrogens with one attached hydrogen (secondary N) is 1. The van der Waals surface area contributed by atoms with Crippen molar-refractivity contribution in [2.24, 2.45) is 11.8 Å². The second-order valence-electron chi connectivity index (χ2n) is 6.86. The third-order valence-corrected chi connectivity index (χ3v) is 5.29. The van der Waals surface area contributed by atoms with Gasteiger partial charge in [-0.2, -0.15) is 4.98 Å². The van der Waals surface area contributed by atoms with Gasteiger partial charge >= 0.3 is 0 Å². The van der Waals surface area contributed by atoms with E-state index in [0.29, 0.717) is 30.3 Å². The lowest BCUT2D eigenvalue weighted by Gasteiger charge is -2.20. The van der Waals surface area contributed by atoms with Gasteiger partial charge in [-0.15, -0.1) is 24.8 Å². The summed E-state index contributed by atoms with van der Waals surface area (Å²) in [6.45, 7) is 3.94. The van der Waals surface area contributed by atoms with Crippen molar-refractivity contribution in [2.45, 2.75) is 25.7 Å². The highest BCUT2D eigenvalue weighted by Crippen LogP contribution is 2.27. The molecule has 2 saturated heterocycles. The Kier molecular flexibility index (Phi) is 8.01. The van der Waals surface area contributed by atoms with Gasteiger partial charge in [-0.1, -0.05) is 11.2 Å². The smallest absolute Gasteiger partial charge is 0.227 e. The van der Waals surface area contributed by atoms with Crippen molar-refractivity contribution in [1.29, 1.82) is 0 Å². The fraction of sp³-hybridized carbons (Fsp3) is 0.556. The lowest BCUT2D eigenvalue weighted by Crippen LogP contribution is -2.32. The molecule has 0 spiro atoms. The van der Waals surface area contributed by atoms with Crippen LogP contribution in [0.25, 0.3) is 11.5 Å². The first-order chi connectivity index (χ1) is 12.3. The van der Waals surface area contributed by atoms with Crippen LogP contribution in [0.1, 0.15) is 25.2 Å². The molecule has 2 aliphatic heterocycles. The molecule has 4 heterocycles. The van der Waals surface area contributed by atoms with E-state index in [-0.39, 0.29) is 30.7 Å². The molecule has 2 fully saturated rings. The molecule has 2 atom stereocenters. The monoisotopic (exact) mass is 413 g/mol. The fourth-order valence-electron chi connectivity index (χ4n) is 3.79. The van der Waals surface area contributed by atoms with Crippen molar-refractivity contribution >= 4 is 30.7 Å². The molecular weight excluding hydrogens is 389 g/mol. The number of likely N-dealkylation sites (tertiary alicyclic amines) is 1. The Bertz CT molecular complexity index is 714. The van der Waals surface area contributed by atoms with Crippen LogP contribution >= 0.6 is 24.8 Å².